The first-order chi connectivity index (χ1) is 8.00. The maximum absolute atomic E-state index is 11.9. The number of hydrogen-bond acceptors (Lipinski definition) is 3. The van der Waals surface area contributed by atoms with Crippen molar-refractivity contribution >= 4 is 6.09 Å². The highest BCUT2D eigenvalue weighted by molar-refractivity contribution is 5.67. The van der Waals surface area contributed by atoms with Gasteiger partial charge in [-0.15, -0.1) is 0 Å². The highest BCUT2D eigenvalue weighted by Gasteiger charge is 2.26. The maximum Gasteiger partial charge on any atom is 0.409 e. The molecule has 1 unspecified atom stereocenters. The molecule has 2 N–H and O–H groups in total. The van der Waals surface area contributed by atoms with Crippen LogP contribution < -0.4 is 5.73 Å². The molecule has 0 aromatic carbocycles. The van der Waals surface area contributed by atoms with Gasteiger partial charge in [-0.05, 0) is 31.6 Å². The largest absolute Gasteiger partial charge is 0.447 e. The van der Waals surface area contributed by atoms with Gasteiger partial charge >= 0.3 is 6.09 Å². The first kappa shape index (κ1) is 14.3. The Morgan fingerprint density at radius 2 is 2.12 bits per heavy atom. The van der Waals surface area contributed by atoms with E-state index in [4.69, 9.17) is 10.5 Å². The summed E-state index contributed by atoms with van der Waals surface area (Å²) in [5.41, 5.74) is 5.74. The summed E-state index contributed by atoms with van der Waals surface area (Å²) in [6.07, 6.45) is 3.73. The van der Waals surface area contributed by atoms with Crippen LogP contribution in [0.1, 0.15) is 46.5 Å². The minimum Gasteiger partial charge on any atom is -0.447 e. The van der Waals surface area contributed by atoms with E-state index in [-0.39, 0.29) is 11.6 Å². The second-order valence-electron chi connectivity index (χ2n) is 5.32. The molecule has 0 radical (unpaired) electrons. The monoisotopic (exact) mass is 242 g/mol. The number of rotatable bonds is 4. The molecule has 0 aromatic rings. The van der Waals surface area contributed by atoms with Crippen molar-refractivity contribution in [2.75, 3.05) is 19.7 Å². The zero-order chi connectivity index (χ0) is 12.9. The van der Waals surface area contributed by atoms with E-state index in [1.165, 1.54) is 6.42 Å². The van der Waals surface area contributed by atoms with E-state index < -0.39 is 0 Å². The summed E-state index contributed by atoms with van der Waals surface area (Å²) >= 11 is 0. The van der Waals surface area contributed by atoms with Crippen LogP contribution in [0, 0.1) is 5.92 Å². The predicted octanol–water partition coefficient (Wildman–Crippen LogP) is 2.37. The summed E-state index contributed by atoms with van der Waals surface area (Å²) in [6, 6.07) is 0. The zero-order valence-corrected chi connectivity index (χ0v) is 11.4. The van der Waals surface area contributed by atoms with Crippen molar-refractivity contribution in [1.82, 2.24) is 4.90 Å². The average molecular weight is 242 g/mol. The SMILES string of the molecule is CCC(N)(CC)COC(=O)N1CCCC(C)C1. The van der Waals surface area contributed by atoms with Crippen molar-refractivity contribution in [1.29, 1.82) is 0 Å². The van der Waals surface area contributed by atoms with E-state index >= 15 is 0 Å². The molecule has 100 valence electrons. The van der Waals surface area contributed by atoms with Gasteiger partial charge in [-0.2, -0.15) is 0 Å². The third-order valence-corrected chi connectivity index (χ3v) is 3.81. The van der Waals surface area contributed by atoms with Crippen LogP contribution in [-0.2, 0) is 4.74 Å². The number of nitrogens with zero attached hydrogens (tertiary/aromatic N) is 1. The molecule has 1 atom stereocenters. The fourth-order valence-corrected chi connectivity index (χ4v) is 2.11. The first-order valence-electron chi connectivity index (χ1n) is 6.71. The van der Waals surface area contributed by atoms with Gasteiger partial charge in [0.05, 0.1) is 0 Å². The Hall–Kier alpha value is -0.770. The fraction of sp³-hybridized carbons (Fsp3) is 0.923. The molecule has 0 aliphatic carbocycles. The Kier molecular flexibility index (Phi) is 5.25. The van der Waals surface area contributed by atoms with Crippen LogP contribution in [-0.4, -0.2) is 36.2 Å². The molecule has 0 spiro atoms. The standard InChI is InChI=1S/C13H26N2O2/c1-4-13(14,5-2)10-17-12(16)15-8-6-7-11(3)9-15/h11H,4-10,14H2,1-3H3. The molecule has 0 saturated carbocycles. The molecule has 4 nitrogen and oxygen atoms in total. The van der Waals surface area contributed by atoms with Crippen molar-refractivity contribution < 1.29 is 9.53 Å². The molecule has 1 amide bonds. The van der Waals surface area contributed by atoms with Gasteiger partial charge in [0, 0.05) is 18.6 Å². The second kappa shape index (κ2) is 6.24. The number of hydrogen-bond donors (Lipinski definition) is 1. The van der Waals surface area contributed by atoms with Gasteiger partial charge in [-0.25, -0.2) is 4.79 Å². The number of piperidine rings is 1. The Bertz CT molecular complexity index is 252. The summed E-state index contributed by atoms with van der Waals surface area (Å²) in [6.45, 7) is 8.18. The van der Waals surface area contributed by atoms with Crippen LogP contribution >= 0.6 is 0 Å². The number of carbonyl (C=O) groups is 1. The number of nitrogens with two attached hydrogens (primary N) is 1. The molecule has 0 aromatic heterocycles. The fourth-order valence-electron chi connectivity index (χ4n) is 2.11. The summed E-state index contributed by atoms with van der Waals surface area (Å²) in [7, 11) is 0. The lowest BCUT2D eigenvalue weighted by atomic mass is 9.96. The van der Waals surface area contributed by atoms with Crippen molar-refractivity contribution in [2.45, 2.75) is 52.0 Å². The first-order valence-corrected chi connectivity index (χ1v) is 6.71. The van der Waals surface area contributed by atoms with Crippen molar-refractivity contribution in [3.8, 4) is 0 Å². The molecule has 1 aliphatic rings. The molecular weight excluding hydrogens is 216 g/mol. The summed E-state index contributed by atoms with van der Waals surface area (Å²) in [5.74, 6) is 0.580. The summed E-state index contributed by atoms with van der Waals surface area (Å²) < 4.78 is 5.34. The van der Waals surface area contributed by atoms with Gasteiger partial charge in [0.1, 0.15) is 6.61 Å². The molecule has 1 heterocycles. The van der Waals surface area contributed by atoms with E-state index in [0.29, 0.717) is 12.5 Å². The summed E-state index contributed by atoms with van der Waals surface area (Å²) in [4.78, 5) is 13.7. The van der Waals surface area contributed by atoms with E-state index in [1.54, 1.807) is 4.90 Å². The predicted molar refractivity (Wildman–Crippen MR) is 68.8 cm³/mol. The average Bonchev–Trinajstić information content (AvgIpc) is 2.35. The Morgan fingerprint density at radius 3 is 2.65 bits per heavy atom. The quantitative estimate of drug-likeness (QED) is 0.823. The van der Waals surface area contributed by atoms with Crippen LogP contribution in [0.25, 0.3) is 0 Å². The van der Waals surface area contributed by atoms with Crippen LogP contribution in [0.2, 0.25) is 0 Å². The van der Waals surface area contributed by atoms with Crippen LogP contribution in [0.15, 0.2) is 0 Å². The Labute approximate surface area is 104 Å². The number of carbonyl (C=O) groups excluding carboxylic acids is 1. The third-order valence-electron chi connectivity index (χ3n) is 3.81. The van der Waals surface area contributed by atoms with E-state index in [9.17, 15) is 4.79 Å². The Balaban J connectivity index is 2.38. The van der Waals surface area contributed by atoms with Crippen molar-refractivity contribution in [3.05, 3.63) is 0 Å². The molecule has 17 heavy (non-hydrogen) atoms. The van der Waals surface area contributed by atoms with E-state index in [0.717, 1.165) is 32.4 Å². The van der Waals surface area contributed by atoms with Gasteiger partial charge < -0.3 is 15.4 Å². The summed E-state index contributed by atoms with van der Waals surface area (Å²) in [5, 5.41) is 0. The van der Waals surface area contributed by atoms with E-state index in [2.05, 4.69) is 6.92 Å². The van der Waals surface area contributed by atoms with Gasteiger partial charge in [-0.1, -0.05) is 20.8 Å². The smallest absolute Gasteiger partial charge is 0.409 e. The molecule has 1 saturated heterocycles. The minimum absolute atomic E-state index is 0.201. The van der Waals surface area contributed by atoms with Gasteiger partial charge in [0.2, 0.25) is 0 Å². The van der Waals surface area contributed by atoms with Crippen LogP contribution in [0.5, 0.6) is 0 Å². The highest BCUT2D eigenvalue weighted by atomic mass is 16.6. The zero-order valence-electron chi connectivity index (χ0n) is 11.4. The lowest BCUT2D eigenvalue weighted by molar-refractivity contribution is 0.0659. The highest BCUT2D eigenvalue weighted by Crippen LogP contribution is 2.17. The topological polar surface area (TPSA) is 55.6 Å². The van der Waals surface area contributed by atoms with E-state index in [1.807, 2.05) is 13.8 Å². The Morgan fingerprint density at radius 1 is 1.47 bits per heavy atom. The lowest BCUT2D eigenvalue weighted by Crippen LogP contribution is -2.46. The minimum atomic E-state index is -0.364. The molecule has 1 aliphatic heterocycles. The molecular formula is C13H26N2O2. The number of ether oxygens (including phenoxy) is 1. The molecule has 1 fully saturated rings. The van der Waals surface area contributed by atoms with Gasteiger partial charge in [0.25, 0.3) is 0 Å². The normalized spacial score (nSPS) is 21.4. The van der Waals surface area contributed by atoms with Gasteiger partial charge in [-0.3, -0.25) is 0 Å². The van der Waals surface area contributed by atoms with Crippen LogP contribution in [0.3, 0.4) is 0 Å². The van der Waals surface area contributed by atoms with Gasteiger partial charge in [0.15, 0.2) is 0 Å². The maximum atomic E-state index is 11.9. The molecule has 1 rings (SSSR count). The second-order valence-corrected chi connectivity index (χ2v) is 5.32. The third kappa shape index (κ3) is 4.19. The number of amides is 1. The molecule has 4 heteroatoms. The van der Waals surface area contributed by atoms with Crippen LogP contribution in [0.4, 0.5) is 4.79 Å². The lowest BCUT2D eigenvalue weighted by Gasteiger charge is -2.32. The number of likely N-dealkylation sites (tertiary alicyclic amines) is 1. The molecule has 0 bridgehead atoms. The van der Waals surface area contributed by atoms with Crippen molar-refractivity contribution in [3.63, 3.8) is 0 Å². The van der Waals surface area contributed by atoms with Crippen molar-refractivity contribution in [2.24, 2.45) is 11.7 Å².